The summed E-state index contributed by atoms with van der Waals surface area (Å²) in [5.74, 6) is -0.406. The zero-order valence-corrected chi connectivity index (χ0v) is 15.7. The Balaban J connectivity index is 1.91. The van der Waals surface area contributed by atoms with Gasteiger partial charge in [-0.15, -0.1) is 0 Å². The van der Waals surface area contributed by atoms with E-state index in [1.54, 1.807) is 48.6 Å². The summed E-state index contributed by atoms with van der Waals surface area (Å²) in [6.07, 6.45) is 8.66. The predicted octanol–water partition coefficient (Wildman–Crippen LogP) is 3.46. The highest BCUT2D eigenvalue weighted by Crippen LogP contribution is 2.28. The van der Waals surface area contributed by atoms with Crippen LogP contribution in [-0.2, 0) is 0 Å². The molecule has 142 valence electrons. The van der Waals surface area contributed by atoms with Crippen LogP contribution in [0.1, 0.15) is 23.7 Å². The minimum absolute atomic E-state index is 0.136. The van der Waals surface area contributed by atoms with Crippen LogP contribution in [0.2, 0.25) is 0 Å². The van der Waals surface area contributed by atoms with Gasteiger partial charge in [-0.3, -0.25) is 4.98 Å². The Labute approximate surface area is 168 Å². The molecule has 1 atom stereocenters. The molecule has 1 unspecified atom stereocenters. The predicted molar refractivity (Wildman–Crippen MR) is 105 cm³/mol. The standard InChI is InChI=1S/C21H17BF2N5/c1-28-15-16(12-17(13-25)19-6-2-4-10-27-19)8-9-20(28)18(14-26)21-7-3-5-11-29(21)22(23)24/h2-11,15,17H,12H2,1H3/q+1. The lowest BCUT2D eigenvalue weighted by Crippen LogP contribution is -2.48. The highest BCUT2D eigenvalue weighted by Gasteiger charge is 2.36. The normalized spacial score (nSPS) is 15.8. The van der Waals surface area contributed by atoms with Gasteiger partial charge in [0.2, 0.25) is 5.69 Å². The summed E-state index contributed by atoms with van der Waals surface area (Å²) in [7, 11) is -1.01. The van der Waals surface area contributed by atoms with Gasteiger partial charge in [0.1, 0.15) is 17.8 Å². The van der Waals surface area contributed by atoms with E-state index in [4.69, 9.17) is 0 Å². The summed E-state index contributed by atoms with van der Waals surface area (Å²) in [5.41, 5.74) is 2.34. The molecule has 2 aromatic heterocycles. The molecule has 0 saturated carbocycles. The van der Waals surface area contributed by atoms with Crippen LogP contribution in [0.25, 0.3) is 5.57 Å². The van der Waals surface area contributed by atoms with E-state index in [1.165, 1.54) is 18.3 Å². The van der Waals surface area contributed by atoms with Crippen LogP contribution < -0.4 is 4.48 Å². The van der Waals surface area contributed by atoms with Gasteiger partial charge in [-0.2, -0.15) is 10.5 Å². The fraction of sp³-hybridized carbons (Fsp3) is 0.143. The summed E-state index contributed by atoms with van der Waals surface area (Å²) >= 11 is 0. The summed E-state index contributed by atoms with van der Waals surface area (Å²) in [6.45, 7) is 0. The molecule has 0 N–H and O–H groups in total. The minimum atomic E-state index is -2.76. The third-order valence-corrected chi connectivity index (χ3v) is 4.56. The van der Waals surface area contributed by atoms with Crippen LogP contribution in [0, 0.1) is 22.7 Å². The summed E-state index contributed by atoms with van der Waals surface area (Å²) in [5, 5.41) is 19.2. The molecule has 0 aliphatic carbocycles. The molecule has 0 aromatic carbocycles. The molecule has 1 aliphatic heterocycles. The van der Waals surface area contributed by atoms with Crippen molar-refractivity contribution in [1.82, 2.24) is 9.88 Å². The van der Waals surface area contributed by atoms with Crippen molar-refractivity contribution in [2.45, 2.75) is 12.3 Å². The number of aromatic nitrogens is 2. The Morgan fingerprint density at radius 2 is 2.00 bits per heavy atom. The van der Waals surface area contributed by atoms with Gasteiger partial charge in [0.25, 0.3) is 0 Å². The third-order valence-electron chi connectivity index (χ3n) is 4.56. The zero-order chi connectivity index (χ0) is 20.8. The number of nitriles is 2. The number of allylic oxidation sites excluding steroid dienone is 4. The van der Waals surface area contributed by atoms with E-state index in [9.17, 15) is 19.2 Å². The number of likely N-dealkylation sites (N-methyl/N-ethyl adjacent to an activating group) is 1. The van der Waals surface area contributed by atoms with Gasteiger partial charge in [0.05, 0.1) is 23.4 Å². The first-order valence-corrected chi connectivity index (χ1v) is 8.90. The minimum Gasteiger partial charge on any atom is -0.350 e. The Morgan fingerprint density at radius 1 is 1.21 bits per heavy atom. The summed E-state index contributed by atoms with van der Waals surface area (Å²) < 4.78 is 27.5. The maximum Gasteiger partial charge on any atom is 0.934 e. The lowest BCUT2D eigenvalue weighted by Gasteiger charge is -2.23. The fourth-order valence-corrected chi connectivity index (χ4v) is 3.16. The number of rotatable bonds is 5. The van der Waals surface area contributed by atoms with Crippen molar-refractivity contribution < 1.29 is 13.1 Å². The second-order valence-corrected chi connectivity index (χ2v) is 6.43. The number of nitrogens with zero attached hydrogens (tertiary/aromatic N) is 5. The van der Waals surface area contributed by atoms with Crippen molar-refractivity contribution in [2.75, 3.05) is 7.05 Å². The average molecular weight is 388 g/mol. The van der Waals surface area contributed by atoms with Gasteiger partial charge >= 0.3 is 7.40 Å². The van der Waals surface area contributed by atoms with E-state index in [0.29, 0.717) is 17.8 Å². The van der Waals surface area contributed by atoms with E-state index in [1.807, 2.05) is 18.2 Å². The smallest absolute Gasteiger partial charge is 0.350 e. The van der Waals surface area contributed by atoms with Gasteiger partial charge in [-0.05, 0) is 42.3 Å². The number of pyridine rings is 2. The maximum atomic E-state index is 13.3. The van der Waals surface area contributed by atoms with Crippen molar-refractivity contribution in [2.24, 2.45) is 0 Å². The van der Waals surface area contributed by atoms with Crippen molar-refractivity contribution in [3.8, 4) is 12.1 Å². The molecule has 29 heavy (non-hydrogen) atoms. The third kappa shape index (κ3) is 4.39. The van der Waals surface area contributed by atoms with Crippen LogP contribution in [0.15, 0.2) is 78.4 Å². The second-order valence-electron chi connectivity index (χ2n) is 6.43. The molecular formula is C21H17BF2N5+. The van der Waals surface area contributed by atoms with Gasteiger partial charge in [-0.1, -0.05) is 12.1 Å². The number of hydrogen-bond donors (Lipinski definition) is 0. The summed E-state index contributed by atoms with van der Waals surface area (Å²) in [4.78, 5) is 5.96. The van der Waals surface area contributed by atoms with Crippen molar-refractivity contribution >= 4 is 13.0 Å². The molecule has 0 radical (unpaired) electrons. The van der Waals surface area contributed by atoms with Gasteiger partial charge in [0, 0.05) is 25.5 Å². The van der Waals surface area contributed by atoms with Crippen molar-refractivity contribution in [3.05, 3.63) is 89.8 Å². The molecule has 2 aromatic rings. The molecule has 3 rings (SSSR count). The Morgan fingerprint density at radius 3 is 2.62 bits per heavy atom. The van der Waals surface area contributed by atoms with Crippen LogP contribution >= 0.6 is 0 Å². The SMILES string of the molecule is CN1C=C(CC(C#N)c2ccccn2)C=C/C1=C(\C#N)c1cccc[n+]1B(F)F. The second kappa shape index (κ2) is 8.94. The Hall–Kier alpha value is -3.78. The molecular weight excluding hydrogens is 371 g/mol. The molecule has 8 heteroatoms. The first-order chi connectivity index (χ1) is 14.0. The average Bonchev–Trinajstić information content (AvgIpc) is 2.74. The Bertz CT molecular complexity index is 1060. The molecule has 0 amide bonds. The van der Waals surface area contributed by atoms with E-state index in [2.05, 4.69) is 11.1 Å². The van der Waals surface area contributed by atoms with Gasteiger partial charge < -0.3 is 4.90 Å². The molecule has 1 aliphatic rings. The van der Waals surface area contributed by atoms with Crippen LogP contribution in [0.3, 0.4) is 0 Å². The lowest BCUT2D eigenvalue weighted by molar-refractivity contribution is -0.557. The van der Waals surface area contributed by atoms with Gasteiger partial charge in [0.15, 0.2) is 0 Å². The first-order valence-electron chi connectivity index (χ1n) is 8.90. The fourth-order valence-electron chi connectivity index (χ4n) is 3.16. The summed E-state index contributed by atoms with van der Waals surface area (Å²) in [6, 6.07) is 14.3. The van der Waals surface area contributed by atoms with Crippen LogP contribution in [-0.4, -0.2) is 24.3 Å². The molecule has 0 spiro atoms. The van der Waals surface area contributed by atoms with E-state index >= 15 is 0 Å². The Kier molecular flexibility index (Phi) is 6.16. The van der Waals surface area contributed by atoms with E-state index in [-0.39, 0.29) is 11.3 Å². The van der Waals surface area contributed by atoms with Crippen molar-refractivity contribution in [3.63, 3.8) is 0 Å². The van der Waals surface area contributed by atoms with Gasteiger partial charge in [-0.25, -0.2) is 13.1 Å². The molecule has 0 saturated heterocycles. The van der Waals surface area contributed by atoms with Crippen LogP contribution in [0.5, 0.6) is 0 Å². The molecule has 0 bridgehead atoms. The zero-order valence-electron chi connectivity index (χ0n) is 15.7. The topological polar surface area (TPSA) is 67.6 Å². The molecule has 0 fully saturated rings. The highest BCUT2D eigenvalue weighted by molar-refractivity contribution is 6.31. The maximum absolute atomic E-state index is 13.3. The highest BCUT2D eigenvalue weighted by atomic mass is 19.2. The number of halogens is 2. The van der Waals surface area contributed by atoms with E-state index < -0.39 is 13.3 Å². The monoisotopic (exact) mass is 388 g/mol. The quantitative estimate of drug-likeness (QED) is 0.581. The molecule has 5 nitrogen and oxygen atoms in total. The number of hydrogen-bond acceptors (Lipinski definition) is 4. The first kappa shape index (κ1) is 20.0. The lowest BCUT2D eigenvalue weighted by atomic mass is 9.95. The largest absolute Gasteiger partial charge is 0.934 e. The molecule has 3 heterocycles. The van der Waals surface area contributed by atoms with Crippen molar-refractivity contribution in [1.29, 1.82) is 10.5 Å². The van der Waals surface area contributed by atoms with E-state index in [0.717, 1.165) is 10.1 Å². The van der Waals surface area contributed by atoms with Crippen LogP contribution in [0.4, 0.5) is 8.63 Å².